The van der Waals surface area contributed by atoms with E-state index in [1.807, 2.05) is 36.4 Å². The van der Waals surface area contributed by atoms with Gasteiger partial charge in [0.15, 0.2) is 0 Å². The van der Waals surface area contributed by atoms with Gasteiger partial charge in [-0.05, 0) is 131 Å². The molecule has 1 N–H and O–H groups in total. The highest BCUT2D eigenvalue weighted by molar-refractivity contribution is 5.91. The van der Waals surface area contributed by atoms with Crippen molar-refractivity contribution in [1.82, 2.24) is 10.2 Å². The third-order valence-electron chi connectivity index (χ3n) is 11.7. The van der Waals surface area contributed by atoms with E-state index in [0.29, 0.717) is 22.9 Å². The lowest BCUT2D eigenvalue weighted by atomic mass is 9.44. The van der Waals surface area contributed by atoms with Crippen LogP contribution < -0.4 is 5.32 Å². The Morgan fingerprint density at radius 3 is 2.43 bits per heavy atom. The van der Waals surface area contributed by atoms with Crippen LogP contribution in [0.2, 0.25) is 0 Å². The van der Waals surface area contributed by atoms with Crippen LogP contribution in [0.3, 0.4) is 0 Å². The Kier molecular flexibility index (Phi) is 6.94. The number of benzene rings is 1. The monoisotopic (exact) mass is 476 g/mol. The first-order valence-corrected chi connectivity index (χ1v) is 14.4. The predicted molar refractivity (Wildman–Crippen MR) is 146 cm³/mol. The van der Waals surface area contributed by atoms with Gasteiger partial charge in [0.2, 0.25) is 5.91 Å². The topological polar surface area (TPSA) is 32.3 Å². The number of carbonyl (C=O) groups is 1. The molecule has 4 saturated carbocycles. The Morgan fingerprint density at radius 2 is 1.69 bits per heavy atom. The molecule has 1 amide bonds. The third kappa shape index (κ3) is 4.52. The van der Waals surface area contributed by atoms with E-state index in [1.165, 1.54) is 51.4 Å². The Hall–Kier alpha value is -1.61. The SMILES string of the molecule is C[C@@H]([C@H]1CC[C@H]2[C@@H]3CCC4C[C@@H](NC(=O)/C=C/c5ccccc5)CC[C@]4(C)[C@H]3CC[C@]12C)N(C)C. The molecule has 4 fully saturated rings. The maximum atomic E-state index is 12.6. The summed E-state index contributed by atoms with van der Waals surface area (Å²) in [7, 11) is 4.54. The van der Waals surface area contributed by atoms with Crippen molar-refractivity contribution in [2.24, 2.45) is 40.4 Å². The molecule has 0 aliphatic heterocycles. The van der Waals surface area contributed by atoms with Crippen LogP contribution >= 0.6 is 0 Å². The highest BCUT2D eigenvalue weighted by Gasteiger charge is 2.60. The molecular weight excluding hydrogens is 428 g/mol. The summed E-state index contributed by atoms with van der Waals surface area (Å²) in [5.41, 5.74) is 2.08. The lowest BCUT2D eigenvalue weighted by Crippen LogP contribution is -2.56. The normalized spacial score (nSPS) is 41.8. The second-order valence-electron chi connectivity index (χ2n) is 13.3. The molecule has 0 saturated heterocycles. The second kappa shape index (κ2) is 9.69. The number of nitrogens with one attached hydrogen (secondary N) is 1. The zero-order valence-electron chi connectivity index (χ0n) is 22.8. The maximum Gasteiger partial charge on any atom is 0.244 e. The number of nitrogens with zero attached hydrogens (tertiary/aromatic N) is 1. The summed E-state index contributed by atoms with van der Waals surface area (Å²) in [4.78, 5) is 15.1. The van der Waals surface area contributed by atoms with E-state index in [-0.39, 0.29) is 5.91 Å². The molecule has 1 unspecified atom stereocenters. The minimum Gasteiger partial charge on any atom is -0.350 e. The Morgan fingerprint density at radius 1 is 0.971 bits per heavy atom. The molecule has 9 atom stereocenters. The summed E-state index contributed by atoms with van der Waals surface area (Å²) in [6, 6.07) is 11.1. The summed E-state index contributed by atoms with van der Waals surface area (Å²) >= 11 is 0. The first-order chi connectivity index (χ1) is 16.7. The summed E-state index contributed by atoms with van der Waals surface area (Å²) < 4.78 is 0. The van der Waals surface area contributed by atoms with Crippen LogP contribution in [0.5, 0.6) is 0 Å². The average Bonchev–Trinajstić information content (AvgIpc) is 3.20. The molecule has 3 nitrogen and oxygen atoms in total. The van der Waals surface area contributed by atoms with Gasteiger partial charge >= 0.3 is 0 Å². The van der Waals surface area contributed by atoms with Crippen LogP contribution in [0.25, 0.3) is 6.08 Å². The summed E-state index contributed by atoms with van der Waals surface area (Å²) in [5, 5.41) is 3.35. The maximum absolute atomic E-state index is 12.6. The summed E-state index contributed by atoms with van der Waals surface area (Å²) in [5.74, 6) is 4.42. The second-order valence-corrected chi connectivity index (χ2v) is 13.3. The van der Waals surface area contributed by atoms with Gasteiger partial charge in [-0.15, -0.1) is 0 Å². The molecular formula is C32H48N2O. The molecule has 0 radical (unpaired) electrons. The lowest BCUT2D eigenvalue weighted by Gasteiger charge is -2.61. The van der Waals surface area contributed by atoms with Gasteiger partial charge in [0.1, 0.15) is 0 Å². The van der Waals surface area contributed by atoms with Gasteiger partial charge in [-0.1, -0.05) is 44.2 Å². The summed E-state index contributed by atoms with van der Waals surface area (Å²) in [6.07, 6.45) is 15.8. The fourth-order valence-corrected chi connectivity index (χ4v) is 9.57. The Balaban J connectivity index is 1.23. The van der Waals surface area contributed by atoms with Gasteiger partial charge in [-0.2, -0.15) is 0 Å². The smallest absolute Gasteiger partial charge is 0.244 e. The van der Waals surface area contributed by atoms with Crippen molar-refractivity contribution >= 4 is 12.0 Å². The van der Waals surface area contributed by atoms with E-state index in [4.69, 9.17) is 0 Å². The first-order valence-electron chi connectivity index (χ1n) is 14.4. The number of hydrogen-bond acceptors (Lipinski definition) is 2. The van der Waals surface area contributed by atoms with E-state index in [1.54, 1.807) is 6.08 Å². The Bertz CT molecular complexity index is 925. The van der Waals surface area contributed by atoms with Crippen molar-refractivity contribution in [3.8, 4) is 0 Å². The molecule has 0 heterocycles. The van der Waals surface area contributed by atoms with E-state index >= 15 is 0 Å². The van der Waals surface area contributed by atoms with Crippen LogP contribution in [0.1, 0.15) is 84.1 Å². The standard InChI is InChI=1S/C32H48N2O/c1-22(34(4)5)27-14-15-28-26-13-12-24-21-25(33-30(35)16-11-23-9-7-6-8-10-23)17-19-31(24,2)29(26)18-20-32(27,28)3/h6-11,16,22,24-29H,12-15,17-21H2,1-5H3,(H,33,35)/b16-11+/t22-,24?,25-,26-,27+,28-,29-,31-,32+/m0/s1. The Labute approximate surface area is 214 Å². The van der Waals surface area contributed by atoms with Crippen LogP contribution in [-0.2, 0) is 4.79 Å². The highest BCUT2D eigenvalue weighted by Crippen LogP contribution is 2.67. The third-order valence-corrected chi connectivity index (χ3v) is 11.7. The van der Waals surface area contributed by atoms with Gasteiger partial charge in [0.05, 0.1) is 0 Å². The zero-order chi connectivity index (χ0) is 24.8. The van der Waals surface area contributed by atoms with Crippen molar-refractivity contribution in [2.45, 2.75) is 90.6 Å². The lowest BCUT2D eigenvalue weighted by molar-refractivity contribution is -0.125. The fourth-order valence-electron chi connectivity index (χ4n) is 9.57. The number of hydrogen-bond donors (Lipinski definition) is 1. The van der Waals surface area contributed by atoms with Crippen molar-refractivity contribution in [3.05, 3.63) is 42.0 Å². The van der Waals surface area contributed by atoms with Crippen molar-refractivity contribution in [1.29, 1.82) is 0 Å². The quantitative estimate of drug-likeness (QED) is 0.474. The molecule has 3 heteroatoms. The number of amides is 1. The summed E-state index contributed by atoms with van der Waals surface area (Å²) in [6.45, 7) is 7.77. The van der Waals surface area contributed by atoms with E-state index < -0.39 is 0 Å². The molecule has 1 aromatic carbocycles. The van der Waals surface area contributed by atoms with Gasteiger partial charge in [0.25, 0.3) is 0 Å². The van der Waals surface area contributed by atoms with Gasteiger partial charge in [-0.3, -0.25) is 4.79 Å². The van der Waals surface area contributed by atoms with Crippen molar-refractivity contribution in [3.63, 3.8) is 0 Å². The fraction of sp³-hybridized carbons (Fsp3) is 0.719. The van der Waals surface area contributed by atoms with Gasteiger partial charge < -0.3 is 10.2 Å². The van der Waals surface area contributed by atoms with E-state index in [0.717, 1.165) is 41.6 Å². The van der Waals surface area contributed by atoms with Crippen LogP contribution in [0, 0.1) is 40.4 Å². The van der Waals surface area contributed by atoms with Crippen LogP contribution in [0.15, 0.2) is 36.4 Å². The molecule has 0 bridgehead atoms. The van der Waals surface area contributed by atoms with Gasteiger partial charge in [0, 0.05) is 18.2 Å². The van der Waals surface area contributed by atoms with Gasteiger partial charge in [-0.25, -0.2) is 0 Å². The van der Waals surface area contributed by atoms with Crippen LogP contribution in [0.4, 0.5) is 0 Å². The van der Waals surface area contributed by atoms with Crippen molar-refractivity contribution < 1.29 is 4.79 Å². The van der Waals surface area contributed by atoms with E-state index in [2.05, 4.69) is 45.1 Å². The van der Waals surface area contributed by atoms with Crippen molar-refractivity contribution in [2.75, 3.05) is 14.1 Å². The average molecular weight is 477 g/mol. The zero-order valence-corrected chi connectivity index (χ0v) is 22.8. The molecule has 35 heavy (non-hydrogen) atoms. The number of fused-ring (bicyclic) bond motifs is 5. The molecule has 0 aromatic heterocycles. The molecule has 5 rings (SSSR count). The highest BCUT2D eigenvalue weighted by atomic mass is 16.1. The molecule has 4 aliphatic rings. The number of carbonyl (C=O) groups excluding carboxylic acids is 1. The molecule has 192 valence electrons. The molecule has 1 aromatic rings. The number of rotatable bonds is 5. The predicted octanol–water partition coefficient (Wildman–Crippen LogP) is 6.79. The minimum atomic E-state index is 0.0663. The van der Waals surface area contributed by atoms with E-state index in [9.17, 15) is 4.79 Å². The molecule has 0 spiro atoms. The minimum absolute atomic E-state index is 0.0663. The largest absolute Gasteiger partial charge is 0.350 e. The molecule has 4 aliphatic carbocycles. The first kappa shape index (κ1) is 25.1. The van der Waals surface area contributed by atoms with Crippen LogP contribution in [-0.4, -0.2) is 37.0 Å².